The molecule has 0 bridgehead atoms. The highest BCUT2D eigenvalue weighted by Gasteiger charge is 2.18. The molecular weight excluding hydrogens is 376 g/mol. The highest BCUT2D eigenvalue weighted by Crippen LogP contribution is 2.41. The minimum atomic E-state index is 0.527. The van der Waals surface area contributed by atoms with E-state index in [9.17, 15) is 0 Å². The van der Waals surface area contributed by atoms with Gasteiger partial charge in [0.15, 0.2) is 17.3 Å². The van der Waals surface area contributed by atoms with Gasteiger partial charge in [-0.3, -0.25) is 0 Å². The summed E-state index contributed by atoms with van der Waals surface area (Å²) < 4.78 is 18.0. The zero-order valence-corrected chi connectivity index (χ0v) is 16.4. The van der Waals surface area contributed by atoms with Gasteiger partial charge in [0.1, 0.15) is 5.01 Å². The number of benzene rings is 2. The van der Waals surface area contributed by atoms with Gasteiger partial charge in [-0.15, -0.1) is 10.2 Å². The minimum Gasteiger partial charge on any atom is -0.493 e. The maximum absolute atomic E-state index is 5.43. The van der Waals surface area contributed by atoms with E-state index in [1.54, 1.807) is 25.8 Å². The molecule has 0 fully saturated rings. The highest BCUT2D eigenvalue weighted by molar-refractivity contribution is 7.17. The fourth-order valence-electron chi connectivity index (χ4n) is 2.82. The summed E-state index contributed by atoms with van der Waals surface area (Å²) in [5, 5.41) is 14.0. The normalized spacial score (nSPS) is 11.2. The maximum atomic E-state index is 5.43. The summed E-state index contributed by atoms with van der Waals surface area (Å²) in [4.78, 5) is 0.705. The lowest BCUT2D eigenvalue weighted by Crippen LogP contribution is -1.97. The van der Waals surface area contributed by atoms with E-state index < -0.39 is 0 Å². The van der Waals surface area contributed by atoms with E-state index in [1.807, 2.05) is 54.6 Å². The van der Waals surface area contributed by atoms with E-state index in [1.165, 1.54) is 11.3 Å². The largest absolute Gasteiger partial charge is 0.493 e. The number of rotatable bonds is 6. The van der Waals surface area contributed by atoms with E-state index in [-0.39, 0.29) is 0 Å². The number of methoxy groups -OCH3 is 3. The van der Waals surface area contributed by atoms with Crippen LogP contribution in [-0.4, -0.2) is 41.1 Å². The van der Waals surface area contributed by atoms with Gasteiger partial charge in [-0.1, -0.05) is 47.7 Å². The number of nitrogens with zero attached hydrogens (tertiary/aromatic N) is 4. The van der Waals surface area contributed by atoms with Gasteiger partial charge in [-0.2, -0.15) is 9.61 Å². The van der Waals surface area contributed by atoms with Crippen molar-refractivity contribution in [2.24, 2.45) is 0 Å². The van der Waals surface area contributed by atoms with Gasteiger partial charge in [0, 0.05) is 5.56 Å². The fourth-order valence-corrected chi connectivity index (χ4v) is 3.56. The number of hydrogen-bond acceptors (Lipinski definition) is 7. The predicted molar refractivity (Wildman–Crippen MR) is 109 cm³/mol. The minimum absolute atomic E-state index is 0.527. The molecule has 4 rings (SSSR count). The predicted octanol–water partition coefficient (Wildman–Crippen LogP) is 4.05. The van der Waals surface area contributed by atoms with Gasteiger partial charge in [0.2, 0.25) is 10.7 Å². The third-order valence-electron chi connectivity index (χ3n) is 4.15. The molecule has 4 aromatic rings. The lowest BCUT2D eigenvalue weighted by molar-refractivity contribution is 0.324. The van der Waals surface area contributed by atoms with E-state index in [0.29, 0.717) is 28.0 Å². The van der Waals surface area contributed by atoms with Crippen LogP contribution >= 0.6 is 11.3 Å². The lowest BCUT2D eigenvalue weighted by Gasteiger charge is -2.13. The van der Waals surface area contributed by atoms with Gasteiger partial charge in [-0.05, 0) is 23.8 Å². The molecule has 142 valence electrons. The summed E-state index contributed by atoms with van der Waals surface area (Å²) in [5.74, 6) is 2.23. The van der Waals surface area contributed by atoms with Crippen molar-refractivity contribution in [3.05, 3.63) is 53.0 Å². The Morgan fingerprint density at radius 2 is 1.61 bits per heavy atom. The van der Waals surface area contributed by atoms with Crippen molar-refractivity contribution in [3.8, 4) is 28.6 Å². The quantitative estimate of drug-likeness (QED) is 0.491. The molecular formula is C20H18N4O3S. The summed E-state index contributed by atoms with van der Waals surface area (Å²) in [6.07, 6.45) is 3.98. The summed E-state index contributed by atoms with van der Waals surface area (Å²) in [5.41, 5.74) is 1.88. The molecule has 0 N–H and O–H groups in total. The van der Waals surface area contributed by atoms with Crippen LogP contribution in [0.4, 0.5) is 0 Å². The van der Waals surface area contributed by atoms with Gasteiger partial charge < -0.3 is 14.2 Å². The Morgan fingerprint density at radius 1 is 0.893 bits per heavy atom. The van der Waals surface area contributed by atoms with Crippen LogP contribution in [0, 0.1) is 0 Å². The molecule has 2 aromatic carbocycles. The molecule has 0 aliphatic rings. The Kier molecular flexibility index (Phi) is 4.94. The SMILES string of the molecule is COc1cc(-c2nnc3sc(C=Cc4ccccc4)nn23)cc(OC)c1OC. The molecule has 0 amide bonds. The molecule has 8 heteroatoms. The third kappa shape index (κ3) is 3.29. The summed E-state index contributed by atoms with van der Waals surface area (Å²) in [6.45, 7) is 0. The Labute approximate surface area is 165 Å². The van der Waals surface area contributed by atoms with Crippen molar-refractivity contribution < 1.29 is 14.2 Å². The van der Waals surface area contributed by atoms with Gasteiger partial charge in [0.25, 0.3) is 0 Å². The third-order valence-corrected chi connectivity index (χ3v) is 5.01. The smallest absolute Gasteiger partial charge is 0.235 e. The molecule has 2 heterocycles. The first-order valence-electron chi connectivity index (χ1n) is 8.49. The van der Waals surface area contributed by atoms with Crippen LogP contribution < -0.4 is 14.2 Å². The van der Waals surface area contributed by atoms with E-state index >= 15 is 0 Å². The Morgan fingerprint density at radius 3 is 2.25 bits per heavy atom. The monoisotopic (exact) mass is 394 g/mol. The molecule has 0 aliphatic carbocycles. The number of aromatic nitrogens is 4. The molecule has 0 saturated heterocycles. The van der Waals surface area contributed by atoms with Crippen LogP contribution in [0.15, 0.2) is 42.5 Å². The van der Waals surface area contributed by atoms with E-state index in [0.717, 1.165) is 16.1 Å². The lowest BCUT2D eigenvalue weighted by atomic mass is 10.1. The second kappa shape index (κ2) is 7.69. The van der Waals surface area contributed by atoms with E-state index in [2.05, 4.69) is 15.3 Å². The van der Waals surface area contributed by atoms with Crippen molar-refractivity contribution in [1.82, 2.24) is 19.8 Å². The topological polar surface area (TPSA) is 70.8 Å². The van der Waals surface area contributed by atoms with Crippen molar-refractivity contribution in [2.75, 3.05) is 21.3 Å². The molecule has 0 atom stereocenters. The Hall–Kier alpha value is -3.39. The fraction of sp³-hybridized carbons (Fsp3) is 0.150. The first-order valence-corrected chi connectivity index (χ1v) is 9.31. The van der Waals surface area contributed by atoms with Crippen molar-refractivity contribution >= 4 is 28.4 Å². The second-order valence-electron chi connectivity index (χ2n) is 5.82. The summed E-state index contributed by atoms with van der Waals surface area (Å²) >= 11 is 1.46. The Balaban J connectivity index is 1.74. The van der Waals surface area contributed by atoms with Gasteiger partial charge in [0.05, 0.1) is 21.3 Å². The molecule has 0 spiro atoms. The summed E-state index contributed by atoms with van der Waals surface area (Å²) in [6, 6.07) is 13.7. The molecule has 0 saturated carbocycles. The van der Waals surface area contributed by atoms with Crippen LogP contribution in [-0.2, 0) is 0 Å². The zero-order valence-electron chi connectivity index (χ0n) is 15.6. The van der Waals surface area contributed by atoms with Crippen LogP contribution in [0.2, 0.25) is 0 Å². The van der Waals surface area contributed by atoms with Crippen LogP contribution in [0.1, 0.15) is 10.6 Å². The first-order chi connectivity index (χ1) is 13.7. The highest BCUT2D eigenvalue weighted by atomic mass is 32.1. The molecule has 0 radical (unpaired) electrons. The van der Waals surface area contributed by atoms with Crippen LogP contribution in [0.3, 0.4) is 0 Å². The first kappa shape index (κ1) is 18.0. The molecule has 0 aliphatic heterocycles. The molecule has 0 unspecified atom stereocenters. The summed E-state index contributed by atoms with van der Waals surface area (Å²) in [7, 11) is 4.73. The number of hydrogen-bond donors (Lipinski definition) is 0. The molecule has 7 nitrogen and oxygen atoms in total. The second-order valence-corrected chi connectivity index (χ2v) is 6.80. The molecule has 2 aromatic heterocycles. The average molecular weight is 394 g/mol. The van der Waals surface area contributed by atoms with Crippen molar-refractivity contribution in [2.45, 2.75) is 0 Å². The standard InChI is InChI=1S/C20H18N4O3S/c1-25-15-11-14(12-16(26-2)18(15)27-3)19-21-22-20-24(19)23-17(28-20)10-9-13-7-5-4-6-8-13/h4-12H,1-3H3. The van der Waals surface area contributed by atoms with Crippen molar-refractivity contribution in [1.29, 1.82) is 0 Å². The van der Waals surface area contributed by atoms with Crippen LogP contribution in [0.25, 0.3) is 28.5 Å². The maximum Gasteiger partial charge on any atom is 0.235 e. The zero-order chi connectivity index (χ0) is 19.5. The number of fused-ring (bicyclic) bond motifs is 1. The van der Waals surface area contributed by atoms with Gasteiger partial charge >= 0.3 is 0 Å². The van der Waals surface area contributed by atoms with Crippen LogP contribution in [0.5, 0.6) is 17.2 Å². The average Bonchev–Trinajstić information content (AvgIpc) is 3.32. The number of ether oxygens (including phenoxy) is 3. The Bertz CT molecular complexity index is 1110. The van der Waals surface area contributed by atoms with E-state index in [4.69, 9.17) is 14.2 Å². The van der Waals surface area contributed by atoms with Gasteiger partial charge in [-0.25, -0.2) is 0 Å². The van der Waals surface area contributed by atoms with Crippen molar-refractivity contribution in [3.63, 3.8) is 0 Å². The molecule has 28 heavy (non-hydrogen) atoms.